The SMILES string of the molecule is CC(c1ccc(OC(F)(F)F)cc1)N1C[C@H](C)NC[C@H]1CO.Cl. The van der Waals surface area contributed by atoms with Gasteiger partial charge in [0.15, 0.2) is 0 Å². The highest BCUT2D eigenvalue weighted by atomic mass is 35.5. The van der Waals surface area contributed by atoms with E-state index < -0.39 is 6.36 Å². The minimum Gasteiger partial charge on any atom is -0.406 e. The maximum absolute atomic E-state index is 12.2. The molecule has 1 fully saturated rings. The number of alkyl halides is 3. The summed E-state index contributed by atoms with van der Waals surface area (Å²) < 4.78 is 40.4. The number of hydrogen-bond donors (Lipinski definition) is 2. The molecule has 1 saturated heterocycles. The lowest BCUT2D eigenvalue weighted by Crippen LogP contribution is -2.57. The van der Waals surface area contributed by atoms with Gasteiger partial charge in [-0.25, -0.2) is 0 Å². The largest absolute Gasteiger partial charge is 0.573 e. The summed E-state index contributed by atoms with van der Waals surface area (Å²) in [5.74, 6) is -0.226. The standard InChI is InChI=1S/C15H21F3N2O2.ClH/c1-10-8-20(13(9-21)7-19-10)11(2)12-3-5-14(6-4-12)22-15(16,17)18;/h3-6,10-11,13,19,21H,7-9H2,1-2H3;1H/t10-,11?,13-;/m0./s1. The van der Waals surface area contributed by atoms with Gasteiger partial charge >= 0.3 is 6.36 Å². The lowest BCUT2D eigenvalue weighted by molar-refractivity contribution is -0.274. The Bertz CT molecular complexity index is 485. The third kappa shape index (κ3) is 5.53. The average molecular weight is 355 g/mol. The van der Waals surface area contributed by atoms with Crippen molar-refractivity contribution in [1.82, 2.24) is 10.2 Å². The Balaban J connectivity index is 0.00000264. The summed E-state index contributed by atoms with van der Waals surface area (Å²) in [6.45, 7) is 5.55. The maximum Gasteiger partial charge on any atom is 0.573 e. The van der Waals surface area contributed by atoms with Gasteiger partial charge in [0.1, 0.15) is 5.75 Å². The van der Waals surface area contributed by atoms with Crippen LogP contribution in [-0.4, -0.2) is 48.1 Å². The number of benzene rings is 1. The average Bonchev–Trinajstić information content (AvgIpc) is 2.45. The van der Waals surface area contributed by atoms with Gasteiger partial charge in [-0.15, -0.1) is 25.6 Å². The molecule has 3 atom stereocenters. The molecule has 0 radical (unpaired) electrons. The van der Waals surface area contributed by atoms with Crippen molar-refractivity contribution in [3.8, 4) is 5.75 Å². The maximum atomic E-state index is 12.2. The number of aliphatic hydroxyl groups excluding tert-OH is 1. The van der Waals surface area contributed by atoms with Crippen LogP contribution < -0.4 is 10.1 Å². The van der Waals surface area contributed by atoms with Crippen molar-refractivity contribution in [3.05, 3.63) is 29.8 Å². The topological polar surface area (TPSA) is 44.7 Å². The molecule has 1 aliphatic rings. The van der Waals surface area contributed by atoms with E-state index in [2.05, 4.69) is 21.9 Å². The van der Waals surface area contributed by atoms with Gasteiger partial charge in [-0.2, -0.15) is 0 Å². The molecule has 2 N–H and O–H groups in total. The lowest BCUT2D eigenvalue weighted by Gasteiger charge is -2.42. The monoisotopic (exact) mass is 354 g/mol. The summed E-state index contributed by atoms with van der Waals surface area (Å²) >= 11 is 0. The molecule has 132 valence electrons. The number of ether oxygens (including phenoxy) is 1. The fraction of sp³-hybridized carbons (Fsp3) is 0.600. The van der Waals surface area contributed by atoms with Crippen molar-refractivity contribution in [2.24, 2.45) is 0 Å². The molecule has 1 unspecified atom stereocenters. The molecule has 0 spiro atoms. The quantitative estimate of drug-likeness (QED) is 0.872. The minimum atomic E-state index is -4.68. The van der Waals surface area contributed by atoms with E-state index in [9.17, 15) is 18.3 Å². The Labute approximate surface area is 140 Å². The molecule has 0 aromatic heterocycles. The zero-order valence-electron chi connectivity index (χ0n) is 13.0. The Hall–Kier alpha value is -1.02. The number of rotatable bonds is 4. The highest BCUT2D eigenvalue weighted by Gasteiger charge is 2.32. The fourth-order valence-electron chi connectivity index (χ4n) is 2.77. The van der Waals surface area contributed by atoms with Crippen molar-refractivity contribution in [1.29, 1.82) is 0 Å². The van der Waals surface area contributed by atoms with Crippen LogP contribution in [0.5, 0.6) is 5.75 Å². The predicted octanol–water partition coefficient (Wildman–Crippen LogP) is 2.72. The molecule has 1 aromatic rings. The molecule has 23 heavy (non-hydrogen) atoms. The Morgan fingerprint density at radius 1 is 1.35 bits per heavy atom. The van der Waals surface area contributed by atoms with Crippen LogP contribution in [0.2, 0.25) is 0 Å². The van der Waals surface area contributed by atoms with Crippen LogP contribution in [0.1, 0.15) is 25.5 Å². The van der Waals surface area contributed by atoms with Crippen molar-refractivity contribution >= 4 is 12.4 Å². The second kappa shape index (κ2) is 8.19. The number of aliphatic hydroxyl groups is 1. The molecule has 0 aliphatic carbocycles. The first kappa shape index (κ1) is 20.0. The molecular weight excluding hydrogens is 333 g/mol. The van der Waals surface area contributed by atoms with Crippen LogP contribution >= 0.6 is 12.4 Å². The first-order valence-corrected chi connectivity index (χ1v) is 7.26. The molecule has 8 heteroatoms. The number of halogens is 4. The van der Waals surface area contributed by atoms with E-state index in [0.29, 0.717) is 12.6 Å². The first-order valence-electron chi connectivity index (χ1n) is 7.26. The van der Waals surface area contributed by atoms with E-state index in [0.717, 1.165) is 12.1 Å². The van der Waals surface area contributed by atoms with Crippen molar-refractivity contribution in [2.45, 2.75) is 38.3 Å². The predicted molar refractivity (Wildman–Crippen MR) is 83.8 cm³/mol. The zero-order chi connectivity index (χ0) is 16.3. The van der Waals surface area contributed by atoms with Gasteiger partial charge in [0.25, 0.3) is 0 Å². The molecule has 1 aliphatic heterocycles. The van der Waals surface area contributed by atoms with Gasteiger partial charge in [0.05, 0.1) is 6.61 Å². The second-order valence-electron chi connectivity index (χ2n) is 5.64. The van der Waals surface area contributed by atoms with E-state index in [1.165, 1.54) is 12.1 Å². The Morgan fingerprint density at radius 3 is 2.48 bits per heavy atom. The molecule has 0 amide bonds. The second-order valence-corrected chi connectivity index (χ2v) is 5.64. The highest BCUT2D eigenvalue weighted by Crippen LogP contribution is 2.28. The van der Waals surface area contributed by atoms with E-state index in [1.807, 2.05) is 6.92 Å². The van der Waals surface area contributed by atoms with Gasteiger partial charge in [-0.3, -0.25) is 4.90 Å². The van der Waals surface area contributed by atoms with Crippen LogP contribution in [0.3, 0.4) is 0 Å². The molecule has 1 aromatic carbocycles. The van der Waals surface area contributed by atoms with Gasteiger partial charge in [0.2, 0.25) is 0 Å². The number of piperazine rings is 1. The van der Waals surface area contributed by atoms with Crippen LogP contribution in [0.4, 0.5) is 13.2 Å². The molecule has 0 bridgehead atoms. The smallest absolute Gasteiger partial charge is 0.406 e. The van der Waals surface area contributed by atoms with Crippen LogP contribution in [0.25, 0.3) is 0 Å². The third-order valence-electron chi connectivity index (χ3n) is 3.96. The summed E-state index contributed by atoms with van der Waals surface area (Å²) in [6, 6.07) is 6.20. The van der Waals surface area contributed by atoms with Gasteiger partial charge in [-0.05, 0) is 31.5 Å². The van der Waals surface area contributed by atoms with E-state index >= 15 is 0 Å². The first-order chi connectivity index (χ1) is 10.3. The van der Waals surface area contributed by atoms with Crippen molar-refractivity contribution < 1.29 is 23.0 Å². The molecule has 0 saturated carbocycles. The van der Waals surface area contributed by atoms with Gasteiger partial charge < -0.3 is 15.2 Å². The molecular formula is C15H22ClF3N2O2. The van der Waals surface area contributed by atoms with Gasteiger partial charge in [-0.1, -0.05) is 12.1 Å². The van der Waals surface area contributed by atoms with E-state index in [1.54, 1.807) is 12.1 Å². The Kier molecular flexibility index (Phi) is 7.13. The third-order valence-corrected chi connectivity index (χ3v) is 3.96. The van der Waals surface area contributed by atoms with E-state index in [4.69, 9.17) is 0 Å². The fourth-order valence-corrected chi connectivity index (χ4v) is 2.77. The summed E-state index contributed by atoms with van der Waals surface area (Å²) in [4.78, 5) is 2.17. The summed E-state index contributed by atoms with van der Waals surface area (Å²) in [6.07, 6.45) is -4.68. The van der Waals surface area contributed by atoms with Crippen LogP contribution in [0.15, 0.2) is 24.3 Å². The minimum absolute atomic E-state index is 0. The lowest BCUT2D eigenvalue weighted by atomic mass is 10.0. The van der Waals surface area contributed by atoms with Crippen molar-refractivity contribution in [3.63, 3.8) is 0 Å². The Morgan fingerprint density at radius 2 is 1.96 bits per heavy atom. The van der Waals surface area contributed by atoms with Crippen molar-refractivity contribution in [2.75, 3.05) is 19.7 Å². The normalized spacial score (nSPS) is 23.9. The number of hydrogen-bond acceptors (Lipinski definition) is 4. The number of nitrogens with one attached hydrogen (secondary N) is 1. The molecule has 4 nitrogen and oxygen atoms in total. The van der Waals surface area contributed by atoms with Gasteiger partial charge in [0, 0.05) is 31.2 Å². The molecule has 2 rings (SSSR count). The summed E-state index contributed by atoms with van der Waals surface area (Å²) in [7, 11) is 0. The zero-order valence-corrected chi connectivity index (χ0v) is 13.8. The highest BCUT2D eigenvalue weighted by molar-refractivity contribution is 5.85. The van der Waals surface area contributed by atoms with E-state index in [-0.39, 0.29) is 36.8 Å². The summed E-state index contributed by atoms with van der Waals surface area (Å²) in [5.41, 5.74) is 0.891. The van der Waals surface area contributed by atoms with Crippen LogP contribution in [0, 0.1) is 0 Å². The molecule has 1 heterocycles. The summed E-state index contributed by atoms with van der Waals surface area (Å²) in [5, 5.41) is 12.8. The van der Waals surface area contributed by atoms with Crippen LogP contribution in [-0.2, 0) is 0 Å². The number of nitrogens with zero attached hydrogens (tertiary/aromatic N) is 1.